The van der Waals surface area contributed by atoms with Gasteiger partial charge in [0.15, 0.2) is 0 Å². The molecule has 2 N–H and O–H groups in total. The quantitative estimate of drug-likeness (QED) is 0.566. The summed E-state index contributed by atoms with van der Waals surface area (Å²) < 4.78 is 10.4. The summed E-state index contributed by atoms with van der Waals surface area (Å²) in [5.41, 5.74) is 1.87. The minimum absolute atomic E-state index is 0.0397. The Kier molecular flexibility index (Phi) is 6.79. The molecule has 0 unspecified atom stereocenters. The Balaban J connectivity index is 2.28. The lowest BCUT2D eigenvalue weighted by molar-refractivity contribution is -0.139. The van der Waals surface area contributed by atoms with Crippen molar-refractivity contribution >= 4 is 29.6 Å². The zero-order chi connectivity index (χ0) is 20.1. The lowest BCUT2D eigenvalue weighted by Crippen LogP contribution is -2.51. The fourth-order valence-electron chi connectivity index (χ4n) is 2.82. The number of hydrogen-bond acceptors (Lipinski definition) is 6. The molecule has 9 heteroatoms. The number of hydrogen-bond donors (Lipinski definition) is 2. The smallest absolute Gasteiger partial charge is 0.341 e. The minimum atomic E-state index is -0.693. The molecule has 1 aromatic heterocycles. The van der Waals surface area contributed by atoms with Gasteiger partial charge in [-0.25, -0.2) is 19.4 Å². The molecule has 27 heavy (non-hydrogen) atoms. The van der Waals surface area contributed by atoms with E-state index in [1.807, 2.05) is 6.92 Å². The average molecular weight is 396 g/mol. The number of urea groups is 1. The number of halogens is 1. The molecule has 0 radical (unpaired) electrons. The van der Waals surface area contributed by atoms with Gasteiger partial charge in [-0.05, 0) is 38.8 Å². The number of esters is 2. The predicted octanol–water partition coefficient (Wildman–Crippen LogP) is 2.42. The molecule has 0 fully saturated rings. The number of nitrogens with one attached hydrogen (secondary N) is 2. The van der Waals surface area contributed by atoms with Crippen molar-refractivity contribution in [1.82, 2.24) is 15.6 Å². The van der Waals surface area contributed by atoms with Gasteiger partial charge in [0.05, 0.1) is 29.5 Å². The third kappa shape index (κ3) is 4.77. The molecule has 0 saturated heterocycles. The molecule has 2 rings (SSSR count). The minimum Gasteiger partial charge on any atom is -0.463 e. The van der Waals surface area contributed by atoms with E-state index in [4.69, 9.17) is 21.1 Å². The fourth-order valence-corrected chi connectivity index (χ4v) is 3.18. The molecule has 1 aliphatic rings. The van der Waals surface area contributed by atoms with Crippen LogP contribution in [0.3, 0.4) is 0 Å². The Morgan fingerprint density at radius 1 is 1.22 bits per heavy atom. The summed E-state index contributed by atoms with van der Waals surface area (Å²) in [6.07, 6.45) is 0.478. The highest BCUT2D eigenvalue weighted by atomic mass is 35.5. The van der Waals surface area contributed by atoms with Crippen LogP contribution in [0.25, 0.3) is 0 Å². The number of aryl methyl sites for hydroxylation is 2. The Bertz CT molecular complexity index is 783. The number of pyridine rings is 1. The van der Waals surface area contributed by atoms with E-state index in [2.05, 4.69) is 15.6 Å². The van der Waals surface area contributed by atoms with Crippen LogP contribution in [0.15, 0.2) is 17.3 Å². The number of carbonyl (C=O) groups is 3. The zero-order valence-corrected chi connectivity index (χ0v) is 16.4. The average Bonchev–Trinajstić information content (AvgIpc) is 2.58. The van der Waals surface area contributed by atoms with Crippen LogP contribution in [0, 0.1) is 13.8 Å². The van der Waals surface area contributed by atoms with E-state index in [-0.39, 0.29) is 35.2 Å². The van der Waals surface area contributed by atoms with Crippen LogP contribution < -0.4 is 10.6 Å². The second-order valence-corrected chi connectivity index (χ2v) is 6.35. The standard InChI is InChI=1S/C18H22ClN3O5/c1-5-11-14(17(24)26-6-2)12(22-18(25)21-11)8-27-16(23)13-9(3)7-10(4)20-15(13)19/h7,11H,5-6,8H2,1-4H3,(H2,21,22,25)/t11-/m0/s1. The van der Waals surface area contributed by atoms with Crippen LogP contribution in [-0.2, 0) is 14.3 Å². The molecule has 0 spiro atoms. The topological polar surface area (TPSA) is 107 Å². The van der Waals surface area contributed by atoms with Crippen molar-refractivity contribution in [2.24, 2.45) is 0 Å². The van der Waals surface area contributed by atoms with Crippen molar-refractivity contribution < 1.29 is 23.9 Å². The Morgan fingerprint density at radius 3 is 2.52 bits per heavy atom. The first kappa shape index (κ1) is 20.7. The first-order valence-electron chi connectivity index (χ1n) is 8.56. The summed E-state index contributed by atoms with van der Waals surface area (Å²) in [4.78, 5) is 40.7. The van der Waals surface area contributed by atoms with Crippen molar-refractivity contribution in [3.8, 4) is 0 Å². The van der Waals surface area contributed by atoms with E-state index in [0.29, 0.717) is 17.7 Å². The van der Waals surface area contributed by atoms with Crippen molar-refractivity contribution in [3.05, 3.63) is 39.3 Å². The summed E-state index contributed by atoms with van der Waals surface area (Å²) in [6.45, 7) is 6.87. The lowest BCUT2D eigenvalue weighted by atomic mass is 10.0. The molecule has 2 amide bonds. The molecular formula is C18H22ClN3O5. The van der Waals surface area contributed by atoms with E-state index in [1.165, 1.54) is 0 Å². The third-order valence-electron chi connectivity index (χ3n) is 4.00. The summed E-state index contributed by atoms with van der Waals surface area (Å²) in [6, 6.07) is 0.704. The van der Waals surface area contributed by atoms with Crippen LogP contribution in [-0.4, -0.2) is 42.2 Å². The van der Waals surface area contributed by atoms with E-state index in [0.717, 1.165) is 0 Å². The summed E-state index contributed by atoms with van der Waals surface area (Å²) in [7, 11) is 0. The molecule has 0 aliphatic carbocycles. The van der Waals surface area contributed by atoms with E-state index >= 15 is 0 Å². The summed E-state index contributed by atoms with van der Waals surface area (Å²) in [5.74, 6) is -1.27. The second kappa shape index (κ2) is 8.85. The molecule has 8 nitrogen and oxygen atoms in total. The molecule has 2 heterocycles. The van der Waals surface area contributed by atoms with Gasteiger partial charge in [0, 0.05) is 5.69 Å². The van der Waals surface area contributed by atoms with E-state index < -0.39 is 24.0 Å². The van der Waals surface area contributed by atoms with E-state index in [9.17, 15) is 14.4 Å². The Morgan fingerprint density at radius 2 is 1.93 bits per heavy atom. The molecule has 1 aromatic rings. The van der Waals surface area contributed by atoms with Crippen LogP contribution >= 0.6 is 11.6 Å². The van der Waals surface area contributed by atoms with Gasteiger partial charge in [0.2, 0.25) is 0 Å². The number of aromatic nitrogens is 1. The third-order valence-corrected chi connectivity index (χ3v) is 4.27. The molecule has 0 aromatic carbocycles. The Hall–Kier alpha value is -2.61. The predicted molar refractivity (Wildman–Crippen MR) is 98.4 cm³/mol. The first-order valence-corrected chi connectivity index (χ1v) is 8.94. The van der Waals surface area contributed by atoms with Crippen LogP contribution in [0.5, 0.6) is 0 Å². The zero-order valence-electron chi connectivity index (χ0n) is 15.6. The molecule has 0 bridgehead atoms. The maximum Gasteiger partial charge on any atom is 0.341 e. The van der Waals surface area contributed by atoms with Crippen LogP contribution in [0.4, 0.5) is 4.79 Å². The number of carbonyl (C=O) groups excluding carboxylic acids is 3. The largest absolute Gasteiger partial charge is 0.463 e. The highest BCUT2D eigenvalue weighted by Crippen LogP contribution is 2.21. The van der Waals surface area contributed by atoms with Crippen molar-refractivity contribution in [3.63, 3.8) is 0 Å². The molecule has 1 atom stereocenters. The molecule has 1 aliphatic heterocycles. The highest BCUT2D eigenvalue weighted by Gasteiger charge is 2.32. The lowest BCUT2D eigenvalue weighted by Gasteiger charge is -2.28. The van der Waals surface area contributed by atoms with Gasteiger partial charge in [-0.2, -0.15) is 0 Å². The van der Waals surface area contributed by atoms with Crippen molar-refractivity contribution in [1.29, 1.82) is 0 Å². The molecular weight excluding hydrogens is 374 g/mol. The van der Waals surface area contributed by atoms with Gasteiger partial charge in [-0.1, -0.05) is 18.5 Å². The monoisotopic (exact) mass is 395 g/mol. The summed E-state index contributed by atoms with van der Waals surface area (Å²) >= 11 is 6.06. The maximum atomic E-state index is 12.5. The normalized spacial score (nSPS) is 16.5. The van der Waals surface area contributed by atoms with Gasteiger partial charge in [-0.3, -0.25) is 0 Å². The SMILES string of the molecule is CCOC(=O)C1=C(COC(=O)c2c(C)cc(C)nc2Cl)NC(=O)N[C@H]1CC. The first-order chi connectivity index (χ1) is 12.8. The van der Waals surface area contributed by atoms with Gasteiger partial charge in [-0.15, -0.1) is 0 Å². The number of nitrogens with zero attached hydrogens (tertiary/aromatic N) is 1. The fraction of sp³-hybridized carbons (Fsp3) is 0.444. The number of ether oxygens (including phenoxy) is 2. The maximum absolute atomic E-state index is 12.5. The Labute approximate surface area is 162 Å². The molecule has 146 valence electrons. The van der Waals surface area contributed by atoms with Crippen molar-refractivity contribution in [2.45, 2.75) is 40.2 Å². The van der Waals surface area contributed by atoms with Crippen LogP contribution in [0.2, 0.25) is 5.15 Å². The molecule has 0 saturated carbocycles. The number of amides is 2. The van der Waals surface area contributed by atoms with Crippen LogP contribution in [0.1, 0.15) is 41.9 Å². The van der Waals surface area contributed by atoms with Gasteiger partial charge in [0.1, 0.15) is 11.8 Å². The van der Waals surface area contributed by atoms with Gasteiger partial charge in [0.25, 0.3) is 0 Å². The van der Waals surface area contributed by atoms with Gasteiger partial charge < -0.3 is 20.1 Å². The number of rotatable bonds is 6. The van der Waals surface area contributed by atoms with Crippen molar-refractivity contribution in [2.75, 3.05) is 13.2 Å². The highest BCUT2D eigenvalue weighted by molar-refractivity contribution is 6.32. The van der Waals surface area contributed by atoms with Gasteiger partial charge >= 0.3 is 18.0 Å². The summed E-state index contributed by atoms with van der Waals surface area (Å²) in [5, 5.41) is 5.21. The van der Waals surface area contributed by atoms with E-state index in [1.54, 1.807) is 26.8 Å². The second-order valence-electron chi connectivity index (χ2n) is 5.99.